The third kappa shape index (κ3) is 6.96. The van der Waals surface area contributed by atoms with Gasteiger partial charge in [-0.15, -0.1) is 45.9 Å². The lowest BCUT2D eigenvalue weighted by molar-refractivity contribution is 0.663. The Morgan fingerprint density at radius 2 is 1.87 bits per heavy atom. The predicted octanol–water partition coefficient (Wildman–Crippen LogP) is 4.77. The molecule has 0 aliphatic rings. The molecule has 2 aromatic carbocycles. The summed E-state index contributed by atoms with van der Waals surface area (Å²) in [5, 5.41) is 15.3. The molecule has 0 fully saturated rings. The minimum absolute atomic E-state index is 0. The highest BCUT2D eigenvalue weighted by Gasteiger charge is 2.11. The molecule has 2 N–H and O–H groups in total. The van der Waals surface area contributed by atoms with Crippen LogP contribution in [-0.2, 0) is 20.1 Å². The van der Waals surface area contributed by atoms with E-state index in [1.54, 1.807) is 11.8 Å². The second-order valence-corrected chi connectivity index (χ2v) is 8.18. The smallest absolute Gasteiger partial charge is 0.192 e. The number of halogens is 1. The van der Waals surface area contributed by atoms with Gasteiger partial charge in [-0.2, -0.15) is 0 Å². The molecule has 3 rings (SSSR count). The molecule has 0 aliphatic carbocycles. The topological polar surface area (TPSA) is 67.1 Å². The van der Waals surface area contributed by atoms with Gasteiger partial charge in [0.25, 0.3) is 0 Å². The van der Waals surface area contributed by atoms with Crippen LogP contribution in [0.15, 0.2) is 58.4 Å². The van der Waals surface area contributed by atoms with Gasteiger partial charge in [0.15, 0.2) is 11.8 Å². The predicted molar refractivity (Wildman–Crippen MR) is 140 cm³/mol. The number of benzene rings is 2. The second-order valence-electron chi connectivity index (χ2n) is 7.33. The molecule has 3 aromatic rings. The van der Waals surface area contributed by atoms with E-state index >= 15 is 0 Å². The van der Waals surface area contributed by atoms with Crippen molar-refractivity contribution in [3.8, 4) is 0 Å². The maximum Gasteiger partial charge on any atom is 0.192 e. The Labute approximate surface area is 206 Å². The number of aryl methyl sites for hydroxylation is 2. The van der Waals surface area contributed by atoms with Crippen LogP contribution in [0, 0.1) is 13.8 Å². The van der Waals surface area contributed by atoms with Gasteiger partial charge >= 0.3 is 0 Å². The third-order valence-corrected chi connectivity index (χ3v) is 5.92. The minimum Gasteiger partial charge on any atom is -0.350 e. The summed E-state index contributed by atoms with van der Waals surface area (Å²) < 4.78 is 1.98. The third-order valence-electron chi connectivity index (χ3n) is 5.10. The molecular weight excluding hydrogens is 519 g/mol. The minimum atomic E-state index is 0. The summed E-state index contributed by atoms with van der Waals surface area (Å²) in [6, 6.07) is 17.0. The molecule has 1 heterocycles. The fourth-order valence-corrected chi connectivity index (χ4v) is 3.80. The quantitative estimate of drug-likeness (QED) is 0.192. The first-order chi connectivity index (χ1) is 14.5. The highest BCUT2D eigenvalue weighted by atomic mass is 127. The lowest BCUT2D eigenvalue weighted by Gasteiger charge is -2.19. The van der Waals surface area contributed by atoms with E-state index in [0.717, 1.165) is 17.6 Å². The van der Waals surface area contributed by atoms with Crippen molar-refractivity contribution in [2.75, 3.05) is 6.26 Å². The van der Waals surface area contributed by atoms with Crippen LogP contribution in [0.25, 0.3) is 0 Å². The summed E-state index contributed by atoms with van der Waals surface area (Å²) >= 11 is 1.76. The van der Waals surface area contributed by atoms with E-state index in [2.05, 4.69) is 83.4 Å². The van der Waals surface area contributed by atoms with Crippen LogP contribution < -0.4 is 10.6 Å². The number of guanidine groups is 1. The van der Waals surface area contributed by atoms with Crippen molar-refractivity contribution in [2.45, 2.75) is 44.8 Å². The van der Waals surface area contributed by atoms with Crippen molar-refractivity contribution < 1.29 is 0 Å². The Balaban J connectivity index is 0.00000341. The molecule has 0 spiro atoms. The number of aromatic nitrogens is 3. The van der Waals surface area contributed by atoms with Gasteiger partial charge in [0.2, 0.25) is 0 Å². The molecule has 8 heteroatoms. The Morgan fingerprint density at radius 1 is 1.13 bits per heavy atom. The van der Waals surface area contributed by atoms with E-state index in [4.69, 9.17) is 4.99 Å². The van der Waals surface area contributed by atoms with Gasteiger partial charge in [-0.1, -0.05) is 42.5 Å². The summed E-state index contributed by atoms with van der Waals surface area (Å²) in [6.07, 6.45) is 2.10. The fraction of sp³-hybridized carbons (Fsp3) is 0.348. The van der Waals surface area contributed by atoms with Gasteiger partial charge in [-0.3, -0.25) is 0 Å². The Bertz CT molecular complexity index is 1000. The SMILES string of the molecule is CSc1cc(C)ccc1CN=C(NCc1nnc(C)n1C)NC(C)c1ccccc1.I. The Hall–Kier alpha value is -2.07. The van der Waals surface area contributed by atoms with Crippen LogP contribution in [0.3, 0.4) is 0 Å². The molecule has 0 aliphatic heterocycles. The van der Waals surface area contributed by atoms with Crippen LogP contribution in [0.4, 0.5) is 0 Å². The first-order valence-corrected chi connectivity index (χ1v) is 11.3. The van der Waals surface area contributed by atoms with Crippen molar-refractivity contribution in [1.82, 2.24) is 25.4 Å². The van der Waals surface area contributed by atoms with Crippen molar-refractivity contribution in [3.63, 3.8) is 0 Å². The molecule has 0 saturated heterocycles. The van der Waals surface area contributed by atoms with E-state index in [0.29, 0.717) is 13.1 Å². The summed E-state index contributed by atoms with van der Waals surface area (Å²) in [5.74, 6) is 2.51. The highest BCUT2D eigenvalue weighted by molar-refractivity contribution is 14.0. The maximum atomic E-state index is 4.87. The number of hydrogen-bond acceptors (Lipinski definition) is 4. The molecule has 1 atom stereocenters. The molecular formula is C23H31IN6S. The lowest BCUT2D eigenvalue weighted by Crippen LogP contribution is -2.39. The van der Waals surface area contributed by atoms with Crippen LogP contribution in [0.1, 0.15) is 41.3 Å². The van der Waals surface area contributed by atoms with E-state index in [1.807, 2.05) is 24.6 Å². The van der Waals surface area contributed by atoms with Gasteiger partial charge in [0.05, 0.1) is 19.1 Å². The van der Waals surface area contributed by atoms with Gasteiger partial charge in [-0.05, 0) is 49.8 Å². The molecule has 0 bridgehead atoms. The molecule has 1 aromatic heterocycles. The van der Waals surface area contributed by atoms with Gasteiger partial charge in [-0.25, -0.2) is 4.99 Å². The van der Waals surface area contributed by atoms with Gasteiger partial charge in [0.1, 0.15) is 5.82 Å². The fourth-order valence-electron chi connectivity index (χ4n) is 3.10. The molecule has 166 valence electrons. The monoisotopic (exact) mass is 550 g/mol. The van der Waals surface area contributed by atoms with E-state index in [1.165, 1.54) is 21.6 Å². The summed E-state index contributed by atoms with van der Waals surface area (Å²) in [7, 11) is 1.97. The standard InChI is InChI=1S/C23H30N6S.HI/c1-16-11-12-20(21(13-16)30-5)14-24-23(25-15-22-28-27-18(3)29(22)4)26-17(2)19-9-7-6-8-10-19;/h6-13,17H,14-15H2,1-5H3,(H2,24,25,26);1H. The van der Waals surface area contributed by atoms with Crippen molar-refractivity contribution in [3.05, 3.63) is 76.9 Å². The molecule has 0 saturated carbocycles. The average molecular weight is 551 g/mol. The van der Waals surface area contributed by atoms with Crippen molar-refractivity contribution in [2.24, 2.45) is 12.0 Å². The normalized spacial score (nSPS) is 12.2. The van der Waals surface area contributed by atoms with Crippen molar-refractivity contribution >= 4 is 41.7 Å². The van der Waals surface area contributed by atoms with E-state index in [9.17, 15) is 0 Å². The van der Waals surface area contributed by atoms with E-state index in [-0.39, 0.29) is 30.0 Å². The lowest BCUT2D eigenvalue weighted by atomic mass is 10.1. The Morgan fingerprint density at radius 3 is 2.52 bits per heavy atom. The molecule has 0 amide bonds. The number of thioether (sulfide) groups is 1. The molecule has 31 heavy (non-hydrogen) atoms. The number of rotatable bonds is 7. The van der Waals surface area contributed by atoms with Crippen LogP contribution >= 0.6 is 35.7 Å². The maximum absolute atomic E-state index is 4.87. The summed E-state index contributed by atoms with van der Waals surface area (Å²) in [5.41, 5.74) is 3.69. The first kappa shape index (κ1) is 25.2. The van der Waals surface area contributed by atoms with Crippen LogP contribution in [0.5, 0.6) is 0 Å². The zero-order chi connectivity index (χ0) is 21.5. The number of aliphatic imine (C=N–C) groups is 1. The Kier molecular flexibility index (Phi) is 9.83. The zero-order valence-electron chi connectivity index (χ0n) is 18.7. The van der Waals surface area contributed by atoms with Crippen LogP contribution in [0.2, 0.25) is 0 Å². The highest BCUT2D eigenvalue weighted by Crippen LogP contribution is 2.22. The molecule has 6 nitrogen and oxygen atoms in total. The first-order valence-electron chi connectivity index (χ1n) is 10.1. The molecule has 0 radical (unpaired) electrons. The average Bonchev–Trinajstić information content (AvgIpc) is 3.08. The molecule has 1 unspecified atom stereocenters. The van der Waals surface area contributed by atoms with Crippen molar-refractivity contribution in [1.29, 1.82) is 0 Å². The summed E-state index contributed by atoms with van der Waals surface area (Å²) in [4.78, 5) is 6.14. The number of nitrogens with one attached hydrogen (secondary N) is 2. The van der Waals surface area contributed by atoms with Crippen LogP contribution in [-0.4, -0.2) is 27.0 Å². The number of hydrogen-bond donors (Lipinski definition) is 2. The van der Waals surface area contributed by atoms with Gasteiger partial charge < -0.3 is 15.2 Å². The zero-order valence-corrected chi connectivity index (χ0v) is 21.9. The summed E-state index contributed by atoms with van der Waals surface area (Å²) in [6.45, 7) is 7.35. The number of nitrogens with zero attached hydrogens (tertiary/aromatic N) is 4. The second kappa shape index (κ2) is 12.1. The van der Waals surface area contributed by atoms with E-state index < -0.39 is 0 Å². The van der Waals surface area contributed by atoms with Gasteiger partial charge in [0, 0.05) is 11.9 Å². The largest absolute Gasteiger partial charge is 0.350 e.